The number of carbonyl (C=O) groups is 3. The number of rotatable bonds is 3. The second-order valence-electron chi connectivity index (χ2n) is 9.06. The number of hydrogen-bond acceptors (Lipinski definition) is 9. The van der Waals surface area contributed by atoms with E-state index in [0.29, 0.717) is 11.4 Å². The monoisotopic (exact) mass is 668 g/mol. The van der Waals surface area contributed by atoms with Crippen molar-refractivity contribution in [2.45, 2.75) is 35.9 Å². The molecule has 0 aliphatic carbocycles. The van der Waals surface area contributed by atoms with Crippen LogP contribution in [0.4, 0.5) is 26.3 Å². The summed E-state index contributed by atoms with van der Waals surface area (Å²) in [6, 6.07) is 9.46. The summed E-state index contributed by atoms with van der Waals surface area (Å²) >= 11 is 0. The van der Waals surface area contributed by atoms with Crippen LogP contribution >= 0.6 is 0 Å². The average Bonchev–Trinajstić information content (AvgIpc) is 3.56. The lowest BCUT2D eigenvalue weighted by molar-refractivity contribution is -0.193. The normalized spacial score (nSPS) is 18.9. The molecule has 21 heteroatoms. The molecule has 1 fully saturated rings. The third-order valence-electron chi connectivity index (χ3n) is 6.05. The molecule has 1 saturated heterocycles. The van der Waals surface area contributed by atoms with Crippen LogP contribution in [0.3, 0.4) is 0 Å². The third-order valence-corrected chi connectivity index (χ3v) is 7.93. The maximum absolute atomic E-state index is 13.6. The Morgan fingerprint density at radius 1 is 0.911 bits per heavy atom. The minimum absolute atomic E-state index is 0.0184. The number of aliphatic carboxylic acids is 2. The van der Waals surface area contributed by atoms with E-state index in [2.05, 4.69) is 15.1 Å². The molecule has 2 aliphatic heterocycles. The maximum atomic E-state index is 13.6. The number of amides is 1. The highest BCUT2D eigenvalue weighted by Gasteiger charge is 2.49. The molecule has 14 nitrogen and oxygen atoms in total. The first-order valence-electron chi connectivity index (χ1n) is 12.2. The first-order valence-corrected chi connectivity index (χ1v) is 13.7. The van der Waals surface area contributed by atoms with Gasteiger partial charge in [0.15, 0.2) is 0 Å². The van der Waals surface area contributed by atoms with Crippen molar-refractivity contribution >= 4 is 27.9 Å². The molecule has 3 aromatic rings. The fourth-order valence-electron chi connectivity index (χ4n) is 4.02. The summed E-state index contributed by atoms with van der Waals surface area (Å²) in [6.45, 7) is 0.490. The number of ether oxygens (including phenoxy) is 1. The number of carboxylic acids is 2. The van der Waals surface area contributed by atoms with Gasteiger partial charge in [0.2, 0.25) is 15.9 Å². The lowest BCUT2D eigenvalue weighted by Crippen LogP contribution is -2.46. The summed E-state index contributed by atoms with van der Waals surface area (Å²) in [5, 5.41) is 18.3. The molecule has 0 spiro atoms. The van der Waals surface area contributed by atoms with Gasteiger partial charge < -0.3 is 19.8 Å². The highest BCUT2D eigenvalue weighted by molar-refractivity contribution is 7.89. The molecule has 2 N–H and O–H groups in total. The number of carbonyl (C=O) groups excluding carboxylic acids is 1. The maximum Gasteiger partial charge on any atom is 0.490 e. The van der Waals surface area contributed by atoms with Crippen molar-refractivity contribution in [3.63, 3.8) is 0 Å². The lowest BCUT2D eigenvalue weighted by Gasteiger charge is -2.27. The van der Waals surface area contributed by atoms with E-state index in [1.807, 2.05) is 6.07 Å². The Bertz CT molecular complexity index is 1610. The lowest BCUT2D eigenvalue weighted by atomic mass is 10.2. The highest BCUT2D eigenvalue weighted by atomic mass is 32.2. The molecule has 2 atom stereocenters. The molecule has 244 valence electrons. The minimum atomic E-state index is -5.08. The van der Waals surface area contributed by atoms with Crippen molar-refractivity contribution in [3.8, 4) is 5.88 Å². The van der Waals surface area contributed by atoms with Crippen molar-refractivity contribution < 1.29 is 64.1 Å². The predicted molar refractivity (Wildman–Crippen MR) is 136 cm³/mol. The first-order chi connectivity index (χ1) is 20.8. The van der Waals surface area contributed by atoms with E-state index in [1.165, 1.54) is 21.3 Å². The van der Waals surface area contributed by atoms with Crippen molar-refractivity contribution in [1.82, 2.24) is 29.0 Å². The minimum Gasteiger partial charge on any atom is -0.475 e. The molecule has 2 unspecified atom stereocenters. The Balaban J connectivity index is 0.000000331. The zero-order valence-electron chi connectivity index (χ0n) is 22.7. The van der Waals surface area contributed by atoms with Gasteiger partial charge in [0.25, 0.3) is 5.91 Å². The van der Waals surface area contributed by atoms with Crippen LogP contribution in [0.15, 0.2) is 59.9 Å². The second kappa shape index (κ2) is 13.5. The molecule has 3 aromatic heterocycles. The zero-order chi connectivity index (χ0) is 33.7. The van der Waals surface area contributed by atoms with Gasteiger partial charge in [-0.15, -0.1) is 0 Å². The van der Waals surface area contributed by atoms with Crippen LogP contribution in [-0.4, -0.2) is 103 Å². The van der Waals surface area contributed by atoms with E-state index >= 15 is 0 Å². The number of nitrogens with zero attached hydrogens (tertiary/aromatic N) is 6. The number of fused-ring (bicyclic) bond motifs is 2. The Kier molecular flexibility index (Phi) is 10.4. The molecule has 0 aromatic carbocycles. The summed E-state index contributed by atoms with van der Waals surface area (Å²) in [5.74, 6) is -5.69. The van der Waals surface area contributed by atoms with Gasteiger partial charge >= 0.3 is 24.3 Å². The fourth-order valence-corrected chi connectivity index (χ4v) is 5.71. The van der Waals surface area contributed by atoms with Gasteiger partial charge in [-0.3, -0.25) is 14.5 Å². The molecule has 0 bridgehead atoms. The fraction of sp³-hybridized carbons (Fsp3) is 0.333. The van der Waals surface area contributed by atoms with Gasteiger partial charge in [-0.2, -0.15) is 35.7 Å². The molecular formula is C24H22F6N6O8S. The highest BCUT2D eigenvalue weighted by Crippen LogP contribution is 2.36. The van der Waals surface area contributed by atoms with Crippen LogP contribution in [0.25, 0.3) is 0 Å². The number of likely N-dealkylation sites (tertiary alicyclic amines) is 1. The van der Waals surface area contributed by atoms with Crippen LogP contribution in [0, 0.1) is 0 Å². The van der Waals surface area contributed by atoms with Crippen LogP contribution in [-0.2, 0) is 33.2 Å². The van der Waals surface area contributed by atoms with Gasteiger partial charge in [0, 0.05) is 32.2 Å². The van der Waals surface area contributed by atoms with E-state index in [4.69, 9.17) is 24.5 Å². The molecule has 0 saturated carbocycles. The van der Waals surface area contributed by atoms with E-state index in [-0.39, 0.29) is 36.3 Å². The van der Waals surface area contributed by atoms with Crippen molar-refractivity contribution in [2.24, 2.45) is 7.05 Å². The Morgan fingerprint density at radius 3 is 2.02 bits per heavy atom. The molecule has 2 aliphatic rings. The summed E-state index contributed by atoms with van der Waals surface area (Å²) < 4.78 is 99.6. The number of pyridine rings is 2. The largest absolute Gasteiger partial charge is 0.490 e. The second-order valence-corrected chi connectivity index (χ2v) is 10.9. The predicted octanol–water partition coefficient (Wildman–Crippen LogP) is 1.95. The Labute approximate surface area is 249 Å². The van der Waals surface area contributed by atoms with Crippen molar-refractivity contribution in [1.29, 1.82) is 0 Å². The molecule has 45 heavy (non-hydrogen) atoms. The Hall–Kier alpha value is -4.79. The molecule has 5 heterocycles. The van der Waals surface area contributed by atoms with Gasteiger partial charge in [-0.25, -0.2) is 23.0 Å². The summed E-state index contributed by atoms with van der Waals surface area (Å²) in [5.41, 5.74) is 1.03. The topological polar surface area (TPSA) is 185 Å². The average molecular weight is 669 g/mol. The first kappa shape index (κ1) is 34.7. The summed E-state index contributed by atoms with van der Waals surface area (Å²) in [4.78, 5) is 40.9. The third kappa shape index (κ3) is 8.44. The summed E-state index contributed by atoms with van der Waals surface area (Å²) in [6.07, 6.45) is -6.07. The SMILES string of the molecule is Cn1nccc1C(=O)N1CC2Oc3ncccc3S(=O)(=O)N(Cc3ccccn3)C2C1.O=C(O)C(F)(F)F.O=C(O)C(F)(F)F. The number of aromatic nitrogens is 4. The number of sulfonamides is 1. The number of hydrogen-bond donors (Lipinski definition) is 2. The van der Waals surface area contributed by atoms with Crippen molar-refractivity contribution in [2.75, 3.05) is 13.1 Å². The van der Waals surface area contributed by atoms with Crippen LogP contribution < -0.4 is 4.74 Å². The molecule has 5 rings (SSSR count). The van der Waals surface area contributed by atoms with Crippen LogP contribution in [0.2, 0.25) is 0 Å². The summed E-state index contributed by atoms with van der Waals surface area (Å²) in [7, 11) is -2.24. The van der Waals surface area contributed by atoms with Crippen LogP contribution in [0.1, 0.15) is 16.2 Å². The van der Waals surface area contributed by atoms with Crippen LogP contribution in [0.5, 0.6) is 5.88 Å². The van der Waals surface area contributed by atoms with E-state index in [0.717, 1.165) is 0 Å². The van der Waals surface area contributed by atoms with Gasteiger partial charge in [0.05, 0.1) is 24.8 Å². The van der Waals surface area contributed by atoms with Crippen molar-refractivity contribution in [3.05, 3.63) is 66.4 Å². The standard InChI is InChI=1S/C20H20N6O4S.2C2HF3O2/c1-24-15(7-10-23-24)20(27)25-12-16-17(13-25)30-19-18(6-4-9-22-19)31(28,29)26(16)11-14-5-2-3-8-21-14;2*3-2(4,5)1(6)7/h2-10,16-17H,11-13H2,1H3;2*(H,6,7). The Morgan fingerprint density at radius 2 is 1.51 bits per heavy atom. The van der Waals surface area contributed by atoms with E-state index < -0.39 is 46.5 Å². The van der Waals surface area contributed by atoms with Gasteiger partial charge in [0.1, 0.15) is 16.7 Å². The van der Waals surface area contributed by atoms with E-state index in [1.54, 1.807) is 48.6 Å². The number of aryl methyl sites for hydroxylation is 1. The smallest absolute Gasteiger partial charge is 0.475 e. The number of halogens is 6. The number of alkyl halides is 6. The zero-order valence-corrected chi connectivity index (χ0v) is 23.5. The molecular weight excluding hydrogens is 646 g/mol. The molecule has 0 radical (unpaired) electrons. The quantitative estimate of drug-likeness (QED) is 0.389. The van der Waals surface area contributed by atoms with Gasteiger partial charge in [-0.05, 0) is 30.3 Å². The van der Waals surface area contributed by atoms with E-state index in [9.17, 15) is 39.6 Å². The molecule has 1 amide bonds. The van der Waals surface area contributed by atoms with Gasteiger partial charge in [-0.1, -0.05) is 6.07 Å². The number of carboxylic acid groups (broad SMARTS) is 2.